The first kappa shape index (κ1) is 21.5. The monoisotopic (exact) mass is 444 g/mol. The number of ketones is 1. The van der Waals surface area contributed by atoms with Gasteiger partial charge in [0, 0.05) is 23.6 Å². The molecule has 3 aliphatic heterocycles. The molecule has 4 aliphatic rings. The average molecular weight is 445 g/mol. The number of amides is 2. The summed E-state index contributed by atoms with van der Waals surface area (Å²) in [6.45, 7) is 2.95. The Morgan fingerprint density at radius 3 is 2.91 bits per heavy atom. The van der Waals surface area contributed by atoms with Gasteiger partial charge in [0.2, 0.25) is 11.8 Å². The Bertz CT molecular complexity index is 931. The molecular formula is C23H29FN4O4. The standard InChI is InChI=1S/C23H29FN4O4/c24-15-1-2-16-14(9-15)10-23(21(16)30)4-6-28(7-5-23)12-20(29)25-11-19-26-18-3-8-32-13-17(18)22(31)27-19/h1-2,9,17-19,26H,3-8,10-13H2,(H,25,29)(H,27,31). The SMILES string of the molecule is O=C(CN1CCC2(CC1)Cc1cc(F)ccc1C2=O)NCC1NC(=O)C2COCCC2N1. The number of Topliss-reactive ketones (excluding diaryl/α,β-unsaturated/α-hetero) is 1. The molecule has 5 rings (SSSR count). The van der Waals surface area contributed by atoms with Gasteiger partial charge in [0.05, 0.1) is 31.8 Å². The van der Waals surface area contributed by atoms with Crippen LogP contribution in [-0.2, 0) is 20.7 Å². The van der Waals surface area contributed by atoms with Crippen molar-refractivity contribution in [2.75, 3.05) is 39.4 Å². The molecular weight excluding hydrogens is 415 g/mol. The molecule has 8 nitrogen and oxygen atoms in total. The summed E-state index contributed by atoms with van der Waals surface area (Å²) >= 11 is 0. The lowest BCUT2D eigenvalue weighted by molar-refractivity contribution is -0.135. The molecule has 1 aromatic rings. The highest BCUT2D eigenvalue weighted by atomic mass is 19.1. The van der Waals surface area contributed by atoms with E-state index in [9.17, 15) is 18.8 Å². The minimum atomic E-state index is -0.459. The van der Waals surface area contributed by atoms with Gasteiger partial charge in [-0.25, -0.2) is 4.39 Å². The normalized spacial score (nSPS) is 29.3. The van der Waals surface area contributed by atoms with E-state index in [-0.39, 0.29) is 48.1 Å². The number of halogens is 1. The lowest BCUT2D eigenvalue weighted by atomic mass is 9.75. The first-order valence-electron chi connectivity index (χ1n) is 11.4. The lowest BCUT2D eigenvalue weighted by Gasteiger charge is -2.40. The molecule has 2 amide bonds. The van der Waals surface area contributed by atoms with Crippen LogP contribution in [0.1, 0.15) is 35.2 Å². The summed E-state index contributed by atoms with van der Waals surface area (Å²) in [5, 5.41) is 9.20. The van der Waals surface area contributed by atoms with E-state index in [1.807, 2.05) is 0 Å². The van der Waals surface area contributed by atoms with E-state index in [1.165, 1.54) is 12.1 Å². The number of carbonyl (C=O) groups is 3. The maximum absolute atomic E-state index is 13.6. The second-order valence-electron chi connectivity index (χ2n) is 9.47. The molecule has 1 aromatic carbocycles. The van der Waals surface area contributed by atoms with Gasteiger partial charge >= 0.3 is 0 Å². The van der Waals surface area contributed by atoms with Crippen molar-refractivity contribution in [3.63, 3.8) is 0 Å². The Kier molecular flexibility index (Phi) is 5.73. The van der Waals surface area contributed by atoms with Gasteiger partial charge in [-0.15, -0.1) is 0 Å². The number of carbonyl (C=O) groups excluding carboxylic acids is 3. The second-order valence-corrected chi connectivity index (χ2v) is 9.47. The fraction of sp³-hybridized carbons (Fsp3) is 0.609. The molecule has 172 valence electrons. The molecule has 1 spiro atoms. The summed E-state index contributed by atoms with van der Waals surface area (Å²) in [7, 11) is 0. The van der Waals surface area contributed by atoms with Crippen molar-refractivity contribution in [1.82, 2.24) is 20.9 Å². The Balaban J connectivity index is 1.09. The summed E-state index contributed by atoms with van der Waals surface area (Å²) in [4.78, 5) is 39.7. The van der Waals surface area contributed by atoms with Gasteiger partial charge < -0.3 is 15.4 Å². The fourth-order valence-corrected chi connectivity index (χ4v) is 5.56. The van der Waals surface area contributed by atoms with Crippen molar-refractivity contribution >= 4 is 17.6 Å². The molecule has 1 aliphatic carbocycles. The largest absolute Gasteiger partial charge is 0.381 e. The van der Waals surface area contributed by atoms with Crippen molar-refractivity contribution < 1.29 is 23.5 Å². The number of nitrogens with one attached hydrogen (secondary N) is 3. The zero-order chi connectivity index (χ0) is 22.3. The molecule has 9 heteroatoms. The van der Waals surface area contributed by atoms with Gasteiger partial charge in [0.1, 0.15) is 5.82 Å². The number of fused-ring (bicyclic) bond motifs is 2. The second kappa shape index (κ2) is 8.53. The van der Waals surface area contributed by atoms with Crippen LogP contribution in [0.15, 0.2) is 18.2 Å². The zero-order valence-corrected chi connectivity index (χ0v) is 18.0. The van der Waals surface area contributed by atoms with Gasteiger partial charge in [0.15, 0.2) is 5.78 Å². The molecule has 32 heavy (non-hydrogen) atoms. The van der Waals surface area contributed by atoms with E-state index < -0.39 is 5.41 Å². The van der Waals surface area contributed by atoms with Gasteiger partial charge in [-0.2, -0.15) is 0 Å². The van der Waals surface area contributed by atoms with Crippen LogP contribution >= 0.6 is 0 Å². The molecule has 0 saturated carbocycles. The van der Waals surface area contributed by atoms with Crippen molar-refractivity contribution in [3.05, 3.63) is 35.1 Å². The lowest BCUT2D eigenvalue weighted by Crippen LogP contribution is -2.66. The Hall–Kier alpha value is -2.36. The highest BCUT2D eigenvalue weighted by Crippen LogP contribution is 2.44. The third-order valence-electron chi connectivity index (χ3n) is 7.43. The van der Waals surface area contributed by atoms with Crippen LogP contribution in [0.5, 0.6) is 0 Å². The van der Waals surface area contributed by atoms with Gasteiger partial charge in [0.25, 0.3) is 0 Å². The number of nitrogens with zero attached hydrogens (tertiary/aromatic N) is 1. The predicted octanol–water partition coefficient (Wildman–Crippen LogP) is 0.214. The first-order valence-corrected chi connectivity index (χ1v) is 11.4. The molecule has 0 bridgehead atoms. The van der Waals surface area contributed by atoms with Crippen LogP contribution < -0.4 is 16.0 Å². The number of rotatable bonds is 4. The zero-order valence-electron chi connectivity index (χ0n) is 18.0. The average Bonchev–Trinajstić information content (AvgIpc) is 3.04. The van der Waals surface area contributed by atoms with Gasteiger partial charge in [-0.1, -0.05) is 0 Å². The molecule has 3 saturated heterocycles. The van der Waals surface area contributed by atoms with Gasteiger partial charge in [-0.05, 0) is 62.5 Å². The maximum atomic E-state index is 13.6. The molecule has 3 atom stereocenters. The number of ether oxygens (including phenoxy) is 1. The molecule has 3 N–H and O–H groups in total. The third kappa shape index (κ3) is 4.04. The van der Waals surface area contributed by atoms with E-state index in [4.69, 9.17) is 4.74 Å². The van der Waals surface area contributed by atoms with Crippen molar-refractivity contribution in [2.45, 2.75) is 37.9 Å². The molecule has 3 unspecified atom stereocenters. The summed E-state index contributed by atoms with van der Waals surface area (Å²) in [5.41, 5.74) is 0.987. The predicted molar refractivity (Wildman–Crippen MR) is 113 cm³/mol. The molecule has 3 heterocycles. The van der Waals surface area contributed by atoms with Crippen LogP contribution in [0.2, 0.25) is 0 Å². The quantitative estimate of drug-likeness (QED) is 0.614. The van der Waals surface area contributed by atoms with E-state index in [0.717, 1.165) is 12.0 Å². The smallest absolute Gasteiger partial charge is 0.234 e. The minimum absolute atomic E-state index is 0.0314. The number of piperidine rings is 1. The van der Waals surface area contributed by atoms with Crippen molar-refractivity contribution in [2.24, 2.45) is 11.3 Å². The topological polar surface area (TPSA) is 99.8 Å². The van der Waals surface area contributed by atoms with Crippen LogP contribution in [0.3, 0.4) is 0 Å². The summed E-state index contributed by atoms with van der Waals surface area (Å²) in [5.74, 6) is -0.497. The highest BCUT2D eigenvalue weighted by Gasteiger charge is 2.47. The molecule has 0 radical (unpaired) electrons. The maximum Gasteiger partial charge on any atom is 0.234 e. The van der Waals surface area contributed by atoms with E-state index in [2.05, 4.69) is 20.9 Å². The first-order chi connectivity index (χ1) is 15.4. The van der Waals surface area contributed by atoms with E-state index >= 15 is 0 Å². The Morgan fingerprint density at radius 2 is 2.09 bits per heavy atom. The number of hydrogen-bond donors (Lipinski definition) is 3. The van der Waals surface area contributed by atoms with E-state index in [1.54, 1.807) is 6.07 Å². The molecule has 0 aromatic heterocycles. The van der Waals surface area contributed by atoms with Crippen LogP contribution in [0.4, 0.5) is 4.39 Å². The van der Waals surface area contributed by atoms with Gasteiger partial charge in [-0.3, -0.25) is 24.6 Å². The Labute approximate surface area is 186 Å². The fourth-order valence-electron chi connectivity index (χ4n) is 5.56. The summed E-state index contributed by atoms with van der Waals surface area (Å²) in [6, 6.07) is 4.50. The third-order valence-corrected chi connectivity index (χ3v) is 7.43. The summed E-state index contributed by atoms with van der Waals surface area (Å²) in [6.07, 6.45) is 2.42. The number of hydrogen-bond acceptors (Lipinski definition) is 6. The molecule has 3 fully saturated rings. The number of benzene rings is 1. The van der Waals surface area contributed by atoms with E-state index in [0.29, 0.717) is 57.7 Å². The van der Waals surface area contributed by atoms with Crippen LogP contribution in [0, 0.1) is 17.2 Å². The number of likely N-dealkylation sites (tertiary alicyclic amines) is 1. The Morgan fingerprint density at radius 1 is 1.28 bits per heavy atom. The summed E-state index contributed by atoms with van der Waals surface area (Å²) < 4.78 is 18.9. The highest BCUT2D eigenvalue weighted by molar-refractivity contribution is 6.05. The minimum Gasteiger partial charge on any atom is -0.381 e. The van der Waals surface area contributed by atoms with Crippen LogP contribution in [0.25, 0.3) is 0 Å². The van der Waals surface area contributed by atoms with Crippen molar-refractivity contribution in [1.29, 1.82) is 0 Å². The van der Waals surface area contributed by atoms with Crippen molar-refractivity contribution in [3.8, 4) is 0 Å². The van der Waals surface area contributed by atoms with Crippen LogP contribution in [-0.4, -0.2) is 74.1 Å².